The minimum atomic E-state index is -0.370. The summed E-state index contributed by atoms with van der Waals surface area (Å²) in [6, 6.07) is 6.84. The van der Waals surface area contributed by atoms with Crippen molar-refractivity contribution in [3.8, 4) is 0 Å². The Kier molecular flexibility index (Phi) is 8.74. The summed E-state index contributed by atoms with van der Waals surface area (Å²) in [5.41, 5.74) is 1.82. The largest absolute Gasteiger partial charge is 0.392 e. The van der Waals surface area contributed by atoms with Crippen molar-refractivity contribution in [1.82, 2.24) is 8.96 Å². The lowest BCUT2D eigenvalue weighted by Crippen LogP contribution is -1.95. The van der Waals surface area contributed by atoms with Gasteiger partial charge in [0.05, 0.1) is 22.7 Å². The number of aliphatic hydroxyl groups is 1. The third-order valence-corrected chi connectivity index (χ3v) is 6.20. The summed E-state index contributed by atoms with van der Waals surface area (Å²) in [5.74, 6) is -0.370. The van der Waals surface area contributed by atoms with E-state index in [-0.39, 0.29) is 12.4 Å². The number of nitrogens with one attached hydrogen (secondary N) is 1. The molecule has 2 heterocycles. The van der Waals surface area contributed by atoms with Gasteiger partial charge in [0, 0.05) is 70.8 Å². The molecule has 2 N–H and O–H groups in total. The first kappa shape index (κ1) is 21.5. The average molecular weight is 521 g/mol. The molecule has 9 heteroatoms. The standard InChI is InChI=1S/C15H11FIN3OS2.C2H6S/c16-13-6-14-11(2-4-20(14)23-17)12(8-21)15(13)22-10-1-3-19-9(5-10)7-18;1-3-2/h1-7,18,21H,8H2;1-2H3. The average Bonchev–Trinajstić information content (AvgIpc) is 3.05. The second kappa shape index (κ2) is 10.5. The maximum absolute atomic E-state index is 14.6. The fraction of sp³-hybridized carbons (Fsp3) is 0.176. The molecule has 0 unspecified atom stereocenters. The number of nitrogens with zero attached hydrogens (tertiary/aromatic N) is 2. The maximum atomic E-state index is 14.6. The summed E-state index contributed by atoms with van der Waals surface area (Å²) in [5, 5.41) is 17.8. The number of halogens is 2. The van der Waals surface area contributed by atoms with Crippen molar-refractivity contribution >= 4 is 71.0 Å². The molecule has 138 valence electrons. The molecule has 0 radical (unpaired) electrons. The summed E-state index contributed by atoms with van der Waals surface area (Å²) >= 11 is 5.11. The molecule has 0 aliphatic carbocycles. The van der Waals surface area contributed by atoms with Crippen LogP contribution in [0.25, 0.3) is 10.9 Å². The van der Waals surface area contributed by atoms with E-state index in [2.05, 4.69) is 26.2 Å². The highest BCUT2D eigenvalue weighted by molar-refractivity contribution is 14.2. The molecule has 0 aliphatic heterocycles. The Labute approximate surface area is 176 Å². The third kappa shape index (κ3) is 4.94. The van der Waals surface area contributed by atoms with Crippen LogP contribution in [0.2, 0.25) is 0 Å². The van der Waals surface area contributed by atoms with Gasteiger partial charge in [-0.2, -0.15) is 11.8 Å². The second-order valence-electron chi connectivity index (χ2n) is 5.04. The van der Waals surface area contributed by atoms with Crippen LogP contribution in [-0.2, 0) is 6.61 Å². The van der Waals surface area contributed by atoms with Crippen LogP contribution < -0.4 is 0 Å². The van der Waals surface area contributed by atoms with Crippen LogP contribution >= 0.6 is 53.8 Å². The number of benzene rings is 1. The molecule has 0 fully saturated rings. The van der Waals surface area contributed by atoms with Crippen molar-refractivity contribution in [2.75, 3.05) is 12.5 Å². The van der Waals surface area contributed by atoms with Gasteiger partial charge in [-0.1, -0.05) is 11.8 Å². The lowest BCUT2D eigenvalue weighted by atomic mass is 10.1. The molecule has 0 bridgehead atoms. The van der Waals surface area contributed by atoms with E-state index in [0.29, 0.717) is 16.2 Å². The first-order valence-corrected chi connectivity index (χ1v) is 13.1. The number of aromatic nitrogens is 2. The monoisotopic (exact) mass is 521 g/mol. The number of hydrogen-bond acceptors (Lipinski definition) is 6. The van der Waals surface area contributed by atoms with E-state index in [0.717, 1.165) is 22.0 Å². The number of aliphatic hydroxyl groups excluding tert-OH is 1. The quantitative estimate of drug-likeness (QED) is 0.336. The second-order valence-corrected chi connectivity index (χ2v) is 8.65. The van der Waals surface area contributed by atoms with Crippen LogP contribution in [-0.4, -0.2) is 32.8 Å². The predicted octanol–water partition coefficient (Wildman–Crippen LogP) is 5.64. The van der Waals surface area contributed by atoms with Crippen molar-refractivity contribution in [2.24, 2.45) is 0 Å². The Morgan fingerprint density at radius 3 is 2.69 bits per heavy atom. The zero-order chi connectivity index (χ0) is 19.1. The Bertz CT molecular complexity index is 904. The number of pyridine rings is 1. The Balaban J connectivity index is 0.000000758. The van der Waals surface area contributed by atoms with Gasteiger partial charge in [-0.15, -0.1) is 0 Å². The molecule has 2 aromatic heterocycles. The summed E-state index contributed by atoms with van der Waals surface area (Å²) in [4.78, 5) is 5.20. The Morgan fingerprint density at radius 1 is 1.35 bits per heavy atom. The van der Waals surface area contributed by atoms with Gasteiger partial charge in [0.2, 0.25) is 0 Å². The van der Waals surface area contributed by atoms with Crippen LogP contribution in [0.4, 0.5) is 4.39 Å². The van der Waals surface area contributed by atoms with Crippen LogP contribution in [0.3, 0.4) is 0 Å². The molecular weight excluding hydrogens is 504 g/mol. The number of thioether (sulfide) groups is 1. The van der Waals surface area contributed by atoms with Crippen molar-refractivity contribution in [2.45, 2.75) is 16.4 Å². The van der Waals surface area contributed by atoms with E-state index in [1.807, 2.05) is 28.7 Å². The molecule has 26 heavy (non-hydrogen) atoms. The van der Waals surface area contributed by atoms with Crippen molar-refractivity contribution in [1.29, 1.82) is 5.41 Å². The number of fused-ring (bicyclic) bond motifs is 1. The molecule has 3 aromatic rings. The molecule has 0 aliphatic rings. The molecule has 3 rings (SSSR count). The zero-order valence-electron chi connectivity index (χ0n) is 14.1. The molecule has 0 amide bonds. The Morgan fingerprint density at radius 2 is 2.08 bits per heavy atom. The molecule has 0 spiro atoms. The van der Waals surface area contributed by atoms with Crippen molar-refractivity contribution in [3.63, 3.8) is 0 Å². The fourth-order valence-electron chi connectivity index (χ4n) is 2.29. The van der Waals surface area contributed by atoms with Gasteiger partial charge in [-0.05, 0) is 30.7 Å². The number of hydrogen-bond donors (Lipinski definition) is 2. The topological polar surface area (TPSA) is 61.9 Å². The predicted molar refractivity (Wildman–Crippen MR) is 121 cm³/mol. The number of rotatable bonds is 5. The summed E-state index contributed by atoms with van der Waals surface area (Å²) in [6.07, 6.45) is 8.67. The van der Waals surface area contributed by atoms with E-state index < -0.39 is 0 Å². The first-order chi connectivity index (χ1) is 12.6. The SMILES string of the molecule is CSC.N=Cc1cc(Sc2c(F)cc3c(ccn3SI)c2CO)ccn1. The zero-order valence-corrected chi connectivity index (χ0v) is 18.7. The van der Waals surface area contributed by atoms with Crippen molar-refractivity contribution < 1.29 is 9.50 Å². The summed E-state index contributed by atoms with van der Waals surface area (Å²) in [6.45, 7) is -0.241. The minimum Gasteiger partial charge on any atom is -0.392 e. The molecule has 0 saturated carbocycles. The van der Waals surface area contributed by atoms with E-state index in [1.54, 1.807) is 30.1 Å². The van der Waals surface area contributed by atoms with Crippen LogP contribution in [0.15, 0.2) is 46.5 Å². The normalized spacial score (nSPS) is 10.5. The highest BCUT2D eigenvalue weighted by Gasteiger charge is 2.17. The molecule has 0 atom stereocenters. The lowest BCUT2D eigenvalue weighted by Gasteiger charge is -2.11. The van der Waals surface area contributed by atoms with Crippen LogP contribution in [0.1, 0.15) is 11.3 Å². The lowest BCUT2D eigenvalue weighted by molar-refractivity contribution is 0.279. The van der Waals surface area contributed by atoms with Gasteiger partial charge in [0.1, 0.15) is 5.82 Å². The smallest absolute Gasteiger partial charge is 0.139 e. The van der Waals surface area contributed by atoms with E-state index in [9.17, 15) is 9.50 Å². The van der Waals surface area contributed by atoms with Crippen LogP contribution in [0, 0.1) is 11.2 Å². The highest BCUT2D eigenvalue weighted by Crippen LogP contribution is 2.38. The third-order valence-electron chi connectivity index (χ3n) is 3.32. The Hall–Kier alpha value is -0.750. The van der Waals surface area contributed by atoms with Gasteiger partial charge in [-0.25, -0.2) is 4.39 Å². The minimum absolute atomic E-state index is 0.241. The van der Waals surface area contributed by atoms with Gasteiger partial charge >= 0.3 is 0 Å². The van der Waals surface area contributed by atoms with Crippen molar-refractivity contribution in [3.05, 3.63) is 53.7 Å². The van der Waals surface area contributed by atoms with E-state index in [1.165, 1.54) is 26.9 Å². The summed E-state index contributed by atoms with van der Waals surface area (Å²) in [7, 11) is 1.45. The molecule has 0 saturated heterocycles. The molecule has 1 aromatic carbocycles. The van der Waals surface area contributed by atoms with Crippen LogP contribution in [0.5, 0.6) is 0 Å². The van der Waals surface area contributed by atoms with E-state index in [4.69, 9.17) is 5.41 Å². The molecule has 4 nitrogen and oxygen atoms in total. The van der Waals surface area contributed by atoms with E-state index >= 15 is 0 Å². The fourth-order valence-corrected chi connectivity index (χ4v) is 4.65. The molecular formula is C17H17FIN3OS3. The van der Waals surface area contributed by atoms with Gasteiger partial charge in [0.15, 0.2) is 0 Å². The first-order valence-electron chi connectivity index (χ1n) is 7.36. The highest BCUT2D eigenvalue weighted by atomic mass is 127. The maximum Gasteiger partial charge on any atom is 0.139 e. The summed E-state index contributed by atoms with van der Waals surface area (Å²) < 4.78 is 16.5. The van der Waals surface area contributed by atoms with Gasteiger partial charge in [-0.3, -0.25) is 8.96 Å². The van der Waals surface area contributed by atoms with Gasteiger partial charge < -0.3 is 10.5 Å². The van der Waals surface area contributed by atoms with Gasteiger partial charge in [0.25, 0.3) is 0 Å².